The second-order valence-corrected chi connectivity index (χ2v) is 4.25. The van der Waals surface area contributed by atoms with Crippen LogP contribution in [0.3, 0.4) is 0 Å². The van der Waals surface area contributed by atoms with Crippen LogP contribution >= 0.6 is 11.8 Å². The van der Waals surface area contributed by atoms with Crippen molar-refractivity contribution in [2.45, 2.75) is 0 Å². The molecule has 1 N–H and O–H groups in total. The minimum Gasteiger partial charge on any atom is -0.454 e. The Bertz CT molecular complexity index is 535. The number of nitrogens with one attached hydrogen (secondary N) is 1. The van der Waals surface area contributed by atoms with E-state index in [1.165, 1.54) is 11.8 Å². The largest absolute Gasteiger partial charge is 0.454 e. The summed E-state index contributed by atoms with van der Waals surface area (Å²) in [5, 5.41) is 0.986. The van der Waals surface area contributed by atoms with Gasteiger partial charge in [-0.05, 0) is 18.4 Å². The van der Waals surface area contributed by atoms with E-state index in [0.717, 1.165) is 22.4 Å². The molecule has 3 rings (SSSR count). The molecule has 2 heterocycles. The van der Waals surface area contributed by atoms with Crippen LogP contribution < -0.4 is 9.47 Å². The first-order chi connectivity index (χ1) is 7.78. The summed E-state index contributed by atoms with van der Waals surface area (Å²) in [6, 6.07) is 5.57. The molecular formula is C11H9NO3S. The van der Waals surface area contributed by atoms with E-state index in [1.54, 1.807) is 6.26 Å². The van der Waals surface area contributed by atoms with Gasteiger partial charge in [-0.25, -0.2) is 0 Å². The molecule has 0 bridgehead atoms. The normalized spacial score (nSPS) is 13.3. The van der Waals surface area contributed by atoms with Crippen LogP contribution in [0.2, 0.25) is 0 Å². The molecule has 82 valence electrons. The van der Waals surface area contributed by atoms with Crippen molar-refractivity contribution in [1.82, 2.24) is 4.98 Å². The molecule has 0 fully saturated rings. The molecule has 0 atom stereocenters. The Morgan fingerprint density at radius 3 is 2.81 bits per heavy atom. The second-order valence-electron chi connectivity index (χ2n) is 3.47. The maximum atomic E-state index is 11.5. The van der Waals surface area contributed by atoms with Crippen molar-refractivity contribution in [2.24, 2.45) is 0 Å². The highest BCUT2D eigenvalue weighted by Crippen LogP contribution is 2.36. The summed E-state index contributed by atoms with van der Waals surface area (Å²) in [5.74, 6) is 1.45. The van der Waals surface area contributed by atoms with Crippen molar-refractivity contribution in [3.8, 4) is 11.5 Å². The van der Waals surface area contributed by atoms with Crippen molar-refractivity contribution in [2.75, 3.05) is 13.0 Å². The van der Waals surface area contributed by atoms with Gasteiger partial charge in [-0.15, -0.1) is 0 Å². The van der Waals surface area contributed by atoms with Crippen LogP contribution in [0.4, 0.5) is 0 Å². The molecule has 0 saturated carbocycles. The zero-order chi connectivity index (χ0) is 11.1. The van der Waals surface area contributed by atoms with Gasteiger partial charge in [-0.1, -0.05) is 11.8 Å². The standard InChI is InChI=1S/C11H9NO3S/c1-16-11(13)8-2-6-3-9-10(15-5-14-9)4-7(6)12-8/h2-4,12H,5H2,1H3. The van der Waals surface area contributed by atoms with Gasteiger partial charge >= 0.3 is 0 Å². The quantitative estimate of drug-likeness (QED) is 0.824. The Balaban J connectivity index is 2.15. The van der Waals surface area contributed by atoms with Crippen molar-refractivity contribution in [3.05, 3.63) is 23.9 Å². The van der Waals surface area contributed by atoms with Crippen LogP contribution in [0, 0.1) is 0 Å². The average Bonchev–Trinajstić information content (AvgIpc) is 2.89. The highest BCUT2D eigenvalue weighted by Gasteiger charge is 2.16. The van der Waals surface area contributed by atoms with Gasteiger partial charge in [0.2, 0.25) is 11.9 Å². The molecule has 2 aromatic rings. The molecule has 0 amide bonds. The van der Waals surface area contributed by atoms with E-state index in [9.17, 15) is 4.79 Å². The number of fused-ring (bicyclic) bond motifs is 2. The van der Waals surface area contributed by atoms with E-state index in [2.05, 4.69) is 4.98 Å². The van der Waals surface area contributed by atoms with Crippen LogP contribution in [0.25, 0.3) is 10.9 Å². The number of carbonyl (C=O) groups excluding carboxylic acids is 1. The highest BCUT2D eigenvalue weighted by molar-refractivity contribution is 8.13. The summed E-state index contributed by atoms with van der Waals surface area (Å²) in [4.78, 5) is 14.6. The predicted molar refractivity (Wildman–Crippen MR) is 62.3 cm³/mol. The minimum absolute atomic E-state index is 0.0261. The minimum atomic E-state index is 0.0261. The summed E-state index contributed by atoms with van der Waals surface area (Å²) in [6.45, 7) is 0.262. The maximum absolute atomic E-state index is 11.5. The second kappa shape index (κ2) is 3.45. The summed E-state index contributed by atoms with van der Waals surface area (Å²) in [7, 11) is 0. The van der Waals surface area contributed by atoms with Gasteiger partial charge in [0.15, 0.2) is 11.5 Å². The molecule has 0 radical (unpaired) electrons. The van der Waals surface area contributed by atoms with Gasteiger partial charge < -0.3 is 14.5 Å². The maximum Gasteiger partial charge on any atom is 0.235 e. The highest BCUT2D eigenvalue weighted by atomic mass is 32.2. The molecule has 1 aliphatic heterocycles. The Labute approximate surface area is 95.9 Å². The Morgan fingerprint density at radius 2 is 2.06 bits per heavy atom. The van der Waals surface area contributed by atoms with E-state index in [0.29, 0.717) is 5.69 Å². The fraction of sp³-hybridized carbons (Fsp3) is 0.182. The third-order valence-electron chi connectivity index (χ3n) is 2.52. The number of ether oxygens (including phenoxy) is 2. The molecule has 5 heteroatoms. The monoisotopic (exact) mass is 235 g/mol. The van der Waals surface area contributed by atoms with Gasteiger partial charge in [0.25, 0.3) is 0 Å². The van der Waals surface area contributed by atoms with E-state index in [4.69, 9.17) is 9.47 Å². The van der Waals surface area contributed by atoms with Crippen LogP contribution in [0.5, 0.6) is 11.5 Å². The lowest BCUT2D eigenvalue weighted by Crippen LogP contribution is -1.93. The van der Waals surface area contributed by atoms with Crippen LogP contribution in [-0.4, -0.2) is 23.1 Å². The van der Waals surface area contributed by atoms with Gasteiger partial charge in [-0.3, -0.25) is 4.79 Å². The molecule has 0 spiro atoms. The van der Waals surface area contributed by atoms with Gasteiger partial charge in [0.05, 0.1) is 5.69 Å². The van der Waals surface area contributed by atoms with E-state index >= 15 is 0 Å². The summed E-state index contributed by atoms with van der Waals surface area (Å²) in [6.07, 6.45) is 1.76. The summed E-state index contributed by atoms with van der Waals surface area (Å²) >= 11 is 1.19. The Hall–Kier alpha value is -1.62. The van der Waals surface area contributed by atoms with Crippen molar-refractivity contribution < 1.29 is 14.3 Å². The lowest BCUT2D eigenvalue weighted by molar-refractivity contribution is 0.108. The van der Waals surface area contributed by atoms with Crippen LogP contribution in [0.15, 0.2) is 18.2 Å². The van der Waals surface area contributed by atoms with Gasteiger partial charge in [0.1, 0.15) is 0 Å². The first kappa shape index (κ1) is 9.59. The average molecular weight is 235 g/mol. The number of aromatic nitrogens is 1. The first-order valence-electron chi connectivity index (χ1n) is 4.78. The zero-order valence-corrected chi connectivity index (χ0v) is 9.39. The summed E-state index contributed by atoms with van der Waals surface area (Å²) < 4.78 is 10.5. The lowest BCUT2D eigenvalue weighted by Gasteiger charge is -1.94. The van der Waals surface area contributed by atoms with Crippen LogP contribution in [0.1, 0.15) is 10.5 Å². The smallest absolute Gasteiger partial charge is 0.235 e. The Morgan fingerprint density at radius 1 is 1.31 bits per heavy atom. The summed E-state index contributed by atoms with van der Waals surface area (Å²) in [5.41, 5.74) is 1.49. The molecule has 0 saturated heterocycles. The molecule has 0 unspecified atom stereocenters. The van der Waals surface area contributed by atoms with Gasteiger partial charge in [0, 0.05) is 17.0 Å². The molecule has 0 aliphatic carbocycles. The van der Waals surface area contributed by atoms with E-state index in [-0.39, 0.29) is 11.9 Å². The van der Waals surface area contributed by atoms with E-state index in [1.807, 2.05) is 18.2 Å². The SMILES string of the molecule is CSC(=O)c1cc2cc3c(cc2[nH]1)OCO3. The number of thioether (sulfide) groups is 1. The zero-order valence-electron chi connectivity index (χ0n) is 8.57. The lowest BCUT2D eigenvalue weighted by atomic mass is 10.2. The first-order valence-corrected chi connectivity index (χ1v) is 6.01. The van der Waals surface area contributed by atoms with Crippen molar-refractivity contribution in [3.63, 3.8) is 0 Å². The number of hydrogen-bond donors (Lipinski definition) is 1. The van der Waals surface area contributed by atoms with Crippen molar-refractivity contribution in [1.29, 1.82) is 0 Å². The van der Waals surface area contributed by atoms with Crippen LogP contribution in [-0.2, 0) is 0 Å². The Kier molecular flexibility index (Phi) is 2.07. The molecule has 1 aliphatic rings. The molecule has 16 heavy (non-hydrogen) atoms. The number of rotatable bonds is 1. The molecular weight excluding hydrogens is 226 g/mol. The molecule has 1 aromatic carbocycles. The third-order valence-corrected chi connectivity index (χ3v) is 3.11. The van der Waals surface area contributed by atoms with E-state index < -0.39 is 0 Å². The fourth-order valence-electron chi connectivity index (χ4n) is 1.74. The number of hydrogen-bond acceptors (Lipinski definition) is 4. The van der Waals surface area contributed by atoms with Gasteiger partial charge in [-0.2, -0.15) is 0 Å². The third kappa shape index (κ3) is 1.36. The topological polar surface area (TPSA) is 51.3 Å². The molecule has 4 nitrogen and oxygen atoms in total. The number of H-pyrrole nitrogens is 1. The number of benzene rings is 1. The van der Waals surface area contributed by atoms with Crippen molar-refractivity contribution >= 4 is 27.8 Å². The predicted octanol–water partition coefficient (Wildman–Crippen LogP) is 2.40. The number of aromatic amines is 1. The fourth-order valence-corrected chi connectivity index (χ4v) is 2.07. The molecule has 1 aromatic heterocycles. The number of carbonyl (C=O) groups is 1.